The molecule has 1 rings (SSSR count). The van der Waals surface area contributed by atoms with Crippen molar-refractivity contribution in [2.24, 2.45) is 0 Å². The normalized spacial score (nSPS) is 11.8. The van der Waals surface area contributed by atoms with Crippen LogP contribution in [0.1, 0.15) is 49.0 Å². The van der Waals surface area contributed by atoms with Gasteiger partial charge in [-0.3, -0.25) is 19.7 Å². The molecule has 1 atom stereocenters. The lowest BCUT2D eigenvalue weighted by Gasteiger charge is -2.14. The Bertz CT molecular complexity index is 538. The van der Waals surface area contributed by atoms with Crippen molar-refractivity contribution in [3.05, 3.63) is 39.4 Å². The van der Waals surface area contributed by atoms with Crippen LogP contribution in [0.5, 0.6) is 0 Å². The summed E-state index contributed by atoms with van der Waals surface area (Å²) in [6.45, 7) is 5.14. The van der Waals surface area contributed by atoms with Crippen molar-refractivity contribution in [3.63, 3.8) is 0 Å². The molecule has 0 N–H and O–H groups in total. The Hall–Kier alpha value is -2.24. The molecule has 0 radical (unpaired) electrons. The van der Waals surface area contributed by atoms with Gasteiger partial charge in [0, 0.05) is 17.7 Å². The minimum absolute atomic E-state index is 0.131. The zero-order valence-corrected chi connectivity index (χ0v) is 11.7. The molecule has 0 amide bonds. The summed E-state index contributed by atoms with van der Waals surface area (Å²) in [5.41, 5.74) is 0.759. The summed E-state index contributed by atoms with van der Waals surface area (Å²) in [7, 11) is 0. The van der Waals surface area contributed by atoms with Gasteiger partial charge in [0.15, 0.2) is 5.78 Å². The predicted octanol–water partition coefficient (Wildman–Crippen LogP) is 2.85. The Morgan fingerprint density at radius 1 is 1.40 bits per heavy atom. The van der Waals surface area contributed by atoms with Crippen molar-refractivity contribution in [2.75, 3.05) is 6.61 Å². The molecular formula is C14H17NO5. The first-order chi connectivity index (χ1) is 9.36. The van der Waals surface area contributed by atoms with E-state index >= 15 is 0 Å². The first kappa shape index (κ1) is 15.8. The van der Waals surface area contributed by atoms with Crippen LogP contribution in [0.2, 0.25) is 0 Å². The molecule has 6 nitrogen and oxygen atoms in total. The number of nitro benzene ring substituents is 1. The number of nitrogens with zero attached hydrogens (tertiary/aromatic N) is 1. The fourth-order valence-electron chi connectivity index (χ4n) is 1.97. The Morgan fingerprint density at radius 3 is 2.55 bits per heavy atom. The van der Waals surface area contributed by atoms with Crippen LogP contribution in [0.15, 0.2) is 18.2 Å². The molecule has 1 aromatic rings. The second-order valence-electron chi connectivity index (χ2n) is 4.50. The third-order valence-electron chi connectivity index (χ3n) is 2.94. The SMILES string of the molecule is CCOC(=O)C[C@@H](C)c1ccc([N+](=O)[O-])cc1C(C)=O. The summed E-state index contributed by atoms with van der Waals surface area (Å²) in [4.78, 5) is 33.3. The van der Waals surface area contributed by atoms with Crippen LogP contribution in [-0.4, -0.2) is 23.3 Å². The smallest absolute Gasteiger partial charge is 0.306 e. The molecule has 0 aliphatic rings. The van der Waals surface area contributed by atoms with Crippen molar-refractivity contribution in [2.45, 2.75) is 33.1 Å². The number of nitro groups is 1. The van der Waals surface area contributed by atoms with Gasteiger partial charge in [0.1, 0.15) is 0 Å². The summed E-state index contributed by atoms with van der Waals surface area (Å²) >= 11 is 0. The molecule has 0 heterocycles. The molecule has 0 bridgehead atoms. The molecule has 20 heavy (non-hydrogen) atoms. The lowest BCUT2D eigenvalue weighted by Crippen LogP contribution is -2.11. The van der Waals surface area contributed by atoms with Gasteiger partial charge < -0.3 is 4.74 Å². The Morgan fingerprint density at radius 2 is 2.05 bits per heavy atom. The summed E-state index contributed by atoms with van der Waals surface area (Å²) in [5.74, 6) is -0.860. The molecule has 0 saturated heterocycles. The van der Waals surface area contributed by atoms with Gasteiger partial charge in [0.25, 0.3) is 5.69 Å². The molecule has 0 saturated carbocycles. The molecule has 0 unspecified atom stereocenters. The van der Waals surface area contributed by atoms with Gasteiger partial charge in [-0.05, 0) is 25.3 Å². The second kappa shape index (κ2) is 6.79. The van der Waals surface area contributed by atoms with Gasteiger partial charge >= 0.3 is 5.97 Å². The van der Waals surface area contributed by atoms with E-state index in [2.05, 4.69) is 0 Å². The number of esters is 1. The lowest BCUT2D eigenvalue weighted by molar-refractivity contribution is -0.384. The van der Waals surface area contributed by atoms with Crippen LogP contribution < -0.4 is 0 Å². The monoisotopic (exact) mass is 279 g/mol. The molecule has 0 spiro atoms. The molecule has 1 aromatic carbocycles. The van der Waals surface area contributed by atoms with E-state index in [4.69, 9.17) is 4.74 Å². The number of ether oxygens (including phenoxy) is 1. The minimum atomic E-state index is -0.549. The maximum Gasteiger partial charge on any atom is 0.306 e. The highest BCUT2D eigenvalue weighted by molar-refractivity contribution is 5.96. The number of carbonyl (C=O) groups excluding carboxylic acids is 2. The topological polar surface area (TPSA) is 86.5 Å². The Kier molecular flexibility index (Phi) is 5.37. The first-order valence-corrected chi connectivity index (χ1v) is 6.31. The standard InChI is InChI=1S/C14H17NO5/c1-4-20-14(17)7-9(2)12-6-5-11(15(18)19)8-13(12)10(3)16/h5-6,8-9H,4,7H2,1-3H3/t9-/m1/s1. The van der Waals surface area contributed by atoms with E-state index in [1.54, 1.807) is 13.8 Å². The molecule has 0 aliphatic carbocycles. The van der Waals surface area contributed by atoms with E-state index in [-0.39, 0.29) is 35.3 Å². The van der Waals surface area contributed by atoms with Crippen LogP contribution in [0, 0.1) is 10.1 Å². The van der Waals surface area contributed by atoms with Gasteiger partial charge in [-0.1, -0.05) is 13.0 Å². The molecule has 0 fully saturated rings. The van der Waals surface area contributed by atoms with E-state index in [0.29, 0.717) is 12.2 Å². The van der Waals surface area contributed by atoms with E-state index in [9.17, 15) is 19.7 Å². The second-order valence-corrected chi connectivity index (χ2v) is 4.50. The third-order valence-corrected chi connectivity index (χ3v) is 2.94. The number of non-ortho nitro benzene ring substituents is 1. The largest absolute Gasteiger partial charge is 0.466 e. The van der Waals surface area contributed by atoms with Crippen LogP contribution in [0.4, 0.5) is 5.69 Å². The maximum absolute atomic E-state index is 11.6. The maximum atomic E-state index is 11.6. The average Bonchev–Trinajstić information content (AvgIpc) is 2.37. The van der Waals surface area contributed by atoms with Crippen LogP contribution in [0.3, 0.4) is 0 Å². The fourth-order valence-corrected chi connectivity index (χ4v) is 1.97. The van der Waals surface area contributed by atoms with Crippen molar-refractivity contribution in [3.8, 4) is 0 Å². The van der Waals surface area contributed by atoms with Crippen molar-refractivity contribution in [1.29, 1.82) is 0 Å². The quantitative estimate of drug-likeness (QED) is 0.346. The van der Waals surface area contributed by atoms with Crippen LogP contribution in [-0.2, 0) is 9.53 Å². The van der Waals surface area contributed by atoms with Gasteiger partial charge in [0.05, 0.1) is 18.0 Å². The highest BCUT2D eigenvalue weighted by atomic mass is 16.6. The van der Waals surface area contributed by atoms with E-state index < -0.39 is 4.92 Å². The van der Waals surface area contributed by atoms with Gasteiger partial charge in [-0.15, -0.1) is 0 Å². The van der Waals surface area contributed by atoms with Crippen molar-refractivity contribution >= 4 is 17.4 Å². The summed E-state index contributed by atoms with van der Waals surface area (Å²) < 4.78 is 4.86. The number of rotatable bonds is 6. The van der Waals surface area contributed by atoms with Gasteiger partial charge in [-0.2, -0.15) is 0 Å². The van der Waals surface area contributed by atoms with E-state index in [1.807, 2.05) is 0 Å². The summed E-state index contributed by atoms with van der Waals surface area (Å²) in [6, 6.07) is 4.11. The first-order valence-electron chi connectivity index (χ1n) is 6.31. The number of carbonyl (C=O) groups is 2. The van der Waals surface area contributed by atoms with Gasteiger partial charge in [-0.25, -0.2) is 0 Å². The molecule has 108 valence electrons. The highest BCUT2D eigenvalue weighted by Crippen LogP contribution is 2.27. The van der Waals surface area contributed by atoms with Crippen molar-refractivity contribution in [1.82, 2.24) is 0 Å². The zero-order valence-electron chi connectivity index (χ0n) is 11.7. The average molecular weight is 279 g/mol. The third kappa shape index (κ3) is 3.88. The van der Waals surface area contributed by atoms with E-state index in [0.717, 1.165) is 0 Å². The molecular weight excluding hydrogens is 262 g/mol. The Labute approximate surface area is 116 Å². The zero-order chi connectivity index (χ0) is 15.3. The number of ketones is 1. The molecule has 0 aromatic heterocycles. The molecule has 6 heteroatoms. The summed E-state index contributed by atoms with van der Waals surface area (Å²) in [6.07, 6.45) is 0.131. The van der Waals surface area contributed by atoms with Gasteiger partial charge in [0.2, 0.25) is 0 Å². The Balaban J connectivity index is 3.07. The molecule has 0 aliphatic heterocycles. The highest BCUT2D eigenvalue weighted by Gasteiger charge is 2.20. The predicted molar refractivity (Wildman–Crippen MR) is 72.8 cm³/mol. The number of benzene rings is 1. The number of hydrogen-bond donors (Lipinski definition) is 0. The minimum Gasteiger partial charge on any atom is -0.466 e. The summed E-state index contributed by atoms with van der Waals surface area (Å²) in [5, 5.41) is 10.7. The lowest BCUT2D eigenvalue weighted by atomic mass is 9.91. The van der Waals surface area contributed by atoms with Crippen LogP contribution >= 0.6 is 0 Å². The fraction of sp³-hybridized carbons (Fsp3) is 0.429. The number of hydrogen-bond acceptors (Lipinski definition) is 5. The van der Waals surface area contributed by atoms with Crippen molar-refractivity contribution < 1.29 is 19.2 Å². The van der Waals surface area contributed by atoms with E-state index in [1.165, 1.54) is 25.1 Å². The number of Topliss-reactive ketones (excluding diaryl/α,β-unsaturated/α-hetero) is 1. The van der Waals surface area contributed by atoms with Crippen LogP contribution in [0.25, 0.3) is 0 Å².